The molecular weight excluding hydrogens is 306 g/mol. The maximum atomic E-state index is 11.9. The van der Waals surface area contributed by atoms with Gasteiger partial charge in [0.15, 0.2) is 0 Å². The number of aliphatic carboxylic acids is 1. The Morgan fingerprint density at radius 1 is 1.32 bits per heavy atom. The van der Waals surface area contributed by atoms with Crippen molar-refractivity contribution in [3.05, 3.63) is 29.3 Å². The molecule has 0 unspecified atom stereocenters. The van der Waals surface area contributed by atoms with Crippen molar-refractivity contribution in [2.24, 2.45) is 5.92 Å². The maximum Gasteiger partial charge on any atom is 0.308 e. The predicted molar refractivity (Wildman–Crippen MR) is 83.1 cm³/mol. The molecule has 2 atom stereocenters. The number of carboxylic acids is 1. The highest BCUT2D eigenvalue weighted by Crippen LogP contribution is 2.26. The van der Waals surface area contributed by atoms with Gasteiger partial charge in [-0.1, -0.05) is 30.2 Å². The minimum Gasteiger partial charge on any atom is -0.492 e. The third-order valence-electron chi connectivity index (χ3n) is 3.82. The van der Waals surface area contributed by atoms with Crippen molar-refractivity contribution in [3.8, 4) is 5.75 Å². The van der Waals surface area contributed by atoms with Crippen LogP contribution in [0.1, 0.15) is 32.1 Å². The van der Waals surface area contributed by atoms with Crippen LogP contribution in [0.15, 0.2) is 24.3 Å². The van der Waals surface area contributed by atoms with Gasteiger partial charge in [-0.3, -0.25) is 9.59 Å². The number of ether oxygens (including phenoxy) is 1. The highest BCUT2D eigenvalue weighted by Gasteiger charge is 2.33. The Morgan fingerprint density at radius 2 is 2.09 bits per heavy atom. The molecule has 0 bridgehead atoms. The highest BCUT2D eigenvalue weighted by molar-refractivity contribution is 6.32. The first-order chi connectivity index (χ1) is 10.6. The topological polar surface area (TPSA) is 75.6 Å². The molecule has 0 heterocycles. The van der Waals surface area contributed by atoms with Crippen LogP contribution in [0, 0.1) is 5.92 Å². The number of hydrogen-bond donors (Lipinski definition) is 2. The number of halogens is 1. The average Bonchev–Trinajstić information content (AvgIpc) is 2.93. The van der Waals surface area contributed by atoms with Gasteiger partial charge in [-0.15, -0.1) is 0 Å². The summed E-state index contributed by atoms with van der Waals surface area (Å²) in [5, 5.41) is 12.4. The van der Waals surface area contributed by atoms with Crippen LogP contribution >= 0.6 is 11.6 Å². The second-order valence-electron chi connectivity index (χ2n) is 5.43. The van der Waals surface area contributed by atoms with Crippen LogP contribution in [0.2, 0.25) is 5.02 Å². The maximum absolute atomic E-state index is 11.9. The van der Waals surface area contributed by atoms with E-state index in [0.717, 1.165) is 12.8 Å². The average molecular weight is 326 g/mol. The lowest BCUT2D eigenvalue weighted by Crippen LogP contribution is -2.40. The molecule has 2 rings (SSSR count). The van der Waals surface area contributed by atoms with Crippen molar-refractivity contribution in [2.75, 3.05) is 6.61 Å². The van der Waals surface area contributed by atoms with E-state index in [4.69, 9.17) is 21.4 Å². The summed E-state index contributed by atoms with van der Waals surface area (Å²) in [7, 11) is 0. The minimum atomic E-state index is -0.829. The number of carbonyl (C=O) groups is 2. The summed E-state index contributed by atoms with van der Waals surface area (Å²) < 4.78 is 5.51. The molecule has 0 aliphatic heterocycles. The fourth-order valence-electron chi connectivity index (χ4n) is 2.68. The summed E-state index contributed by atoms with van der Waals surface area (Å²) in [5.74, 6) is -0.805. The van der Waals surface area contributed by atoms with Crippen LogP contribution in [-0.2, 0) is 9.59 Å². The number of hydrogen-bond acceptors (Lipinski definition) is 3. The molecule has 1 aromatic carbocycles. The minimum absolute atomic E-state index is 0.124. The van der Waals surface area contributed by atoms with E-state index in [-0.39, 0.29) is 11.9 Å². The van der Waals surface area contributed by atoms with Gasteiger partial charge in [-0.05, 0) is 31.4 Å². The highest BCUT2D eigenvalue weighted by atomic mass is 35.5. The standard InChI is InChI=1S/C16H20ClNO4/c17-12-6-1-2-8-14(12)22-10-4-9-15(19)18-13-7-3-5-11(13)16(20)21/h1-2,6,8,11,13H,3-5,7,9-10H2,(H,18,19)(H,20,21)/t11-,13+/m1/s1. The molecule has 0 saturated heterocycles. The van der Waals surface area contributed by atoms with E-state index in [9.17, 15) is 9.59 Å². The van der Waals surface area contributed by atoms with Crippen molar-refractivity contribution < 1.29 is 19.4 Å². The largest absolute Gasteiger partial charge is 0.492 e. The van der Waals surface area contributed by atoms with E-state index < -0.39 is 11.9 Å². The molecule has 1 saturated carbocycles. The van der Waals surface area contributed by atoms with Crippen LogP contribution in [0.5, 0.6) is 5.75 Å². The third kappa shape index (κ3) is 4.63. The molecule has 0 aromatic heterocycles. The van der Waals surface area contributed by atoms with Gasteiger partial charge in [0, 0.05) is 12.5 Å². The Morgan fingerprint density at radius 3 is 2.82 bits per heavy atom. The first-order valence-corrected chi connectivity index (χ1v) is 7.85. The number of amides is 1. The molecular formula is C16H20ClNO4. The zero-order valence-electron chi connectivity index (χ0n) is 12.3. The second kappa shape index (κ2) is 8.03. The first kappa shape index (κ1) is 16.6. The van der Waals surface area contributed by atoms with E-state index >= 15 is 0 Å². The molecule has 1 aliphatic carbocycles. The fourth-order valence-corrected chi connectivity index (χ4v) is 2.87. The van der Waals surface area contributed by atoms with Crippen molar-refractivity contribution in [1.29, 1.82) is 0 Å². The molecule has 5 nitrogen and oxygen atoms in total. The lowest BCUT2D eigenvalue weighted by Gasteiger charge is -2.17. The number of para-hydroxylation sites is 1. The van der Waals surface area contributed by atoms with Crippen molar-refractivity contribution in [2.45, 2.75) is 38.1 Å². The number of rotatable bonds is 7. The number of carbonyl (C=O) groups excluding carboxylic acids is 1. The summed E-state index contributed by atoms with van der Waals surface area (Å²) in [4.78, 5) is 22.9. The van der Waals surface area contributed by atoms with Crippen LogP contribution in [-0.4, -0.2) is 29.6 Å². The summed E-state index contributed by atoms with van der Waals surface area (Å²) in [6, 6.07) is 6.94. The normalized spacial score (nSPS) is 20.6. The van der Waals surface area contributed by atoms with Crippen LogP contribution in [0.25, 0.3) is 0 Å². The van der Waals surface area contributed by atoms with Crippen LogP contribution < -0.4 is 10.1 Å². The lowest BCUT2D eigenvalue weighted by molar-refractivity contribution is -0.142. The van der Waals surface area contributed by atoms with Gasteiger partial charge < -0.3 is 15.2 Å². The number of benzene rings is 1. The van der Waals surface area contributed by atoms with Gasteiger partial charge in [-0.2, -0.15) is 0 Å². The Hall–Kier alpha value is -1.75. The van der Waals surface area contributed by atoms with Gasteiger partial charge in [0.2, 0.25) is 5.91 Å². The van der Waals surface area contributed by atoms with Crippen LogP contribution in [0.4, 0.5) is 0 Å². The van der Waals surface area contributed by atoms with Crippen molar-refractivity contribution in [1.82, 2.24) is 5.32 Å². The molecule has 1 fully saturated rings. The molecule has 22 heavy (non-hydrogen) atoms. The predicted octanol–water partition coefficient (Wildman–Crippen LogP) is 2.87. The van der Waals surface area contributed by atoms with E-state index in [1.165, 1.54) is 0 Å². The Labute approximate surface area is 134 Å². The van der Waals surface area contributed by atoms with Gasteiger partial charge in [-0.25, -0.2) is 0 Å². The summed E-state index contributed by atoms with van der Waals surface area (Å²) in [6.45, 7) is 0.393. The Balaban J connectivity index is 1.68. The molecule has 1 aliphatic rings. The molecule has 2 N–H and O–H groups in total. The summed E-state index contributed by atoms with van der Waals surface area (Å²) in [5.41, 5.74) is 0. The molecule has 0 radical (unpaired) electrons. The quantitative estimate of drug-likeness (QED) is 0.756. The Bertz CT molecular complexity index is 535. The number of nitrogens with one attached hydrogen (secondary N) is 1. The third-order valence-corrected chi connectivity index (χ3v) is 4.13. The first-order valence-electron chi connectivity index (χ1n) is 7.47. The monoisotopic (exact) mass is 325 g/mol. The summed E-state index contributed by atoms with van der Waals surface area (Å²) >= 11 is 5.96. The SMILES string of the molecule is O=C(CCCOc1ccccc1Cl)N[C@H]1CCC[C@H]1C(=O)O. The van der Waals surface area contributed by atoms with E-state index in [2.05, 4.69) is 5.32 Å². The van der Waals surface area contributed by atoms with Crippen molar-refractivity contribution in [3.63, 3.8) is 0 Å². The molecule has 6 heteroatoms. The molecule has 0 spiro atoms. The van der Waals surface area contributed by atoms with E-state index in [1.807, 2.05) is 12.1 Å². The molecule has 1 amide bonds. The Kier molecular flexibility index (Phi) is 6.07. The fraction of sp³-hybridized carbons (Fsp3) is 0.500. The molecule has 1 aromatic rings. The van der Waals surface area contributed by atoms with Gasteiger partial charge in [0.1, 0.15) is 5.75 Å². The summed E-state index contributed by atoms with van der Waals surface area (Å²) in [6.07, 6.45) is 3.08. The van der Waals surface area contributed by atoms with Gasteiger partial charge in [0.05, 0.1) is 17.5 Å². The zero-order valence-corrected chi connectivity index (χ0v) is 13.0. The van der Waals surface area contributed by atoms with Gasteiger partial charge >= 0.3 is 5.97 Å². The van der Waals surface area contributed by atoms with Crippen molar-refractivity contribution >= 4 is 23.5 Å². The smallest absolute Gasteiger partial charge is 0.308 e. The second-order valence-corrected chi connectivity index (χ2v) is 5.84. The van der Waals surface area contributed by atoms with E-state index in [0.29, 0.717) is 36.6 Å². The number of carboxylic acid groups (broad SMARTS) is 1. The lowest BCUT2D eigenvalue weighted by atomic mass is 10.0. The van der Waals surface area contributed by atoms with Crippen LogP contribution in [0.3, 0.4) is 0 Å². The van der Waals surface area contributed by atoms with E-state index in [1.54, 1.807) is 12.1 Å². The molecule has 120 valence electrons. The zero-order chi connectivity index (χ0) is 15.9. The van der Waals surface area contributed by atoms with Gasteiger partial charge in [0.25, 0.3) is 0 Å².